The maximum atomic E-state index is 12.9. The van der Waals surface area contributed by atoms with Crippen molar-refractivity contribution in [1.29, 1.82) is 0 Å². The minimum atomic E-state index is -4.61. The lowest BCUT2D eigenvalue weighted by Gasteiger charge is -2.12. The number of carbonyl (C=O) groups is 1. The van der Waals surface area contributed by atoms with Crippen molar-refractivity contribution in [3.63, 3.8) is 0 Å². The molecule has 1 N–H and O–H groups in total. The van der Waals surface area contributed by atoms with E-state index < -0.39 is 22.7 Å². The van der Waals surface area contributed by atoms with E-state index in [4.69, 9.17) is 16.1 Å². The van der Waals surface area contributed by atoms with Crippen LogP contribution in [0.1, 0.15) is 21.7 Å². The molecule has 3 aromatic rings. The first-order valence-corrected chi connectivity index (χ1v) is 7.70. The number of hydrogen-bond acceptors (Lipinski definition) is 4. The minimum absolute atomic E-state index is 0.0108. The van der Waals surface area contributed by atoms with Gasteiger partial charge in [-0.3, -0.25) is 4.79 Å². The van der Waals surface area contributed by atoms with E-state index in [1.165, 1.54) is 18.2 Å². The molecule has 2 aromatic carbocycles. The van der Waals surface area contributed by atoms with Gasteiger partial charge in [-0.15, -0.1) is 0 Å². The van der Waals surface area contributed by atoms with Gasteiger partial charge in [-0.1, -0.05) is 16.8 Å². The molecule has 1 aromatic heterocycles. The first-order valence-electron chi connectivity index (χ1n) is 7.33. The maximum Gasteiger partial charge on any atom is 0.417 e. The fourth-order valence-electron chi connectivity index (χ4n) is 2.20. The van der Waals surface area contributed by atoms with Crippen molar-refractivity contribution in [3.05, 3.63) is 64.4 Å². The van der Waals surface area contributed by atoms with Gasteiger partial charge in [0.1, 0.15) is 0 Å². The predicted molar refractivity (Wildman–Crippen MR) is 88.9 cm³/mol. The molecule has 0 bridgehead atoms. The van der Waals surface area contributed by atoms with Crippen molar-refractivity contribution < 1.29 is 22.5 Å². The highest BCUT2D eigenvalue weighted by atomic mass is 35.5. The van der Waals surface area contributed by atoms with E-state index in [2.05, 4.69) is 15.5 Å². The van der Waals surface area contributed by atoms with Gasteiger partial charge in [0.25, 0.3) is 11.8 Å². The number of rotatable bonds is 3. The van der Waals surface area contributed by atoms with Crippen LogP contribution in [-0.2, 0) is 6.18 Å². The number of anilines is 1. The Labute approximate surface area is 150 Å². The maximum absolute atomic E-state index is 12.9. The van der Waals surface area contributed by atoms with Crippen molar-refractivity contribution in [1.82, 2.24) is 10.1 Å². The van der Waals surface area contributed by atoms with Gasteiger partial charge in [0.2, 0.25) is 0 Å². The number of aromatic nitrogens is 2. The zero-order valence-electron chi connectivity index (χ0n) is 13.3. The van der Waals surface area contributed by atoms with Crippen molar-refractivity contribution >= 4 is 23.2 Å². The van der Waals surface area contributed by atoms with Crippen LogP contribution in [0, 0.1) is 6.92 Å². The van der Waals surface area contributed by atoms with Crippen LogP contribution < -0.4 is 5.32 Å². The number of alkyl halides is 3. The molecule has 1 heterocycles. The Bertz CT molecular complexity index is 953. The van der Waals surface area contributed by atoms with Crippen molar-refractivity contribution in [2.45, 2.75) is 13.1 Å². The number of hydrogen-bond donors (Lipinski definition) is 1. The highest BCUT2D eigenvalue weighted by Crippen LogP contribution is 2.36. The van der Waals surface area contributed by atoms with Crippen LogP contribution in [0.5, 0.6) is 0 Å². The van der Waals surface area contributed by atoms with Gasteiger partial charge < -0.3 is 9.84 Å². The molecule has 0 aliphatic rings. The van der Waals surface area contributed by atoms with E-state index in [9.17, 15) is 18.0 Å². The quantitative estimate of drug-likeness (QED) is 0.695. The summed E-state index contributed by atoms with van der Waals surface area (Å²) in [5, 5.41) is 5.65. The SMILES string of the molecule is Cc1noc(-c2ccc(C(=O)Nc3ccc(Cl)c(C(F)(F)F)c3)cc2)n1. The normalized spacial score (nSPS) is 11.4. The average molecular weight is 382 g/mol. The van der Waals surface area contributed by atoms with Crippen LogP contribution in [0.15, 0.2) is 47.0 Å². The molecule has 0 aliphatic carbocycles. The molecule has 26 heavy (non-hydrogen) atoms. The number of benzene rings is 2. The minimum Gasteiger partial charge on any atom is -0.334 e. The molecular formula is C17H11ClF3N3O2. The molecule has 0 saturated heterocycles. The van der Waals surface area contributed by atoms with Gasteiger partial charge in [-0.05, 0) is 49.4 Å². The molecule has 0 aliphatic heterocycles. The van der Waals surface area contributed by atoms with E-state index in [1.54, 1.807) is 19.1 Å². The Kier molecular flexibility index (Phi) is 4.69. The summed E-state index contributed by atoms with van der Waals surface area (Å²) in [6.07, 6.45) is -4.61. The van der Waals surface area contributed by atoms with Gasteiger partial charge >= 0.3 is 6.18 Å². The highest BCUT2D eigenvalue weighted by Gasteiger charge is 2.33. The molecule has 0 spiro atoms. The number of amides is 1. The van der Waals surface area contributed by atoms with Crippen molar-refractivity contribution in [3.8, 4) is 11.5 Å². The summed E-state index contributed by atoms with van der Waals surface area (Å²) >= 11 is 5.56. The summed E-state index contributed by atoms with van der Waals surface area (Å²) in [6, 6.07) is 9.38. The number of halogens is 4. The van der Waals surface area contributed by atoms with Crippen molar-refractivity contribution in [2.75, 3.05) is 5.32 Å². The molecule has 0 unspecified atom stereocenters. The molecule has 5 nitrogen and oxygen atoms in total. The van der Waals surface area contributed by atoms with Crippen LogP contribution in [0.25, 0.3) is 11.5 Å². The monoisotopic (exact) mass is 381 g/mol. The summed E-state index contributed by atoms with van der Waals surface area (Å²) in [5.41, 5.74) is -0.149. The average Bonchev–Trinajstić information content (AvgIpc) is 3.02. The predicted octanol–water partition coefficient (Wildman–Crippen LogP) is 4.97. The third-order valence-corrected chi connectivity index (χ3v) is 3.78. The molecule has 1 amide bonds. The second kappa shape index (κ2) is 6.80. The van der Waals surface area contributed by atoms with Crippen LogP contribution >= 0.6 is 11.6 Å². The van der Waals surface area contributed by atoms with Gasteiger partial charge in [-0.2, -0.15) is 18.2 Å². The first-order chi connectivity index (χ1) is 12.2. The molecule has 134 valence electrons. The molecule has 3 rings (SSSR count). The number of nitrogens with zero attached hydrogens (tertiary/aromatic N) is 2. The fourth-order valence-corrected chi connectivity index (χ4v) is 2.43. The van der Waals surface area contributed by atoms with Crippen molar-refractivity contribution in [2.24, 2.45) is 0 Å². The number of carbonyl (C=O) groups excluding carboxylic acids is 1. The van der Waals surface area contributed by atoms with E-state index >= 15 is 0 Å². The summed E-state index contributed by atoms with van der Waals surface area (Å²) < 4.78 is 43.7. The topological polar surface area (TPSA) is 68.0 Å². The summed E-state index contributed by atoms with van der Waals surface area (Å²) in [5.74, 6) is 0.223. The molecule has 0 radical (unpaired) electrons. The smallest absolute Gasteiger partial charge is 0.334 e. The first kappa shape index (κ1) is 17.9. The third-order valence-electron chi connectivity index (χ3n) is 3.45. The van der Waals surface area contributed by atoms with E-state index in [0.717, 1.165) is 12.1 Å². The molecule has 0 saturated carbocycles. The fraction of sp³-hybridized carbons (Fsp3) is 0.118. The highest BCUT2D eigenvalue weighted by molar-refractivity contribution is 6.31. The number of aryl methyl sites for hydroxylation is 1. The van der Waals surface area contributed by atoms with Gasteiger partial charge in [0.15, 0.2) is 5.82 Å². The Balaban J connectivity index is 1.78. The van der Waals surface area contributed by atoms with Gasteiger partial charge in [0.05, 0.1) is 10.6 Å². The lowest BCUT2D eigenvalue weighted by atomic mass is 10.1. The summed E-state index contributed by atoms with van der Waals surface area (Å²) in [7, 11) is 0. The number of nitrogens with one attached hydrogen (secondary N) is 1. The van der Waals surface area contributed by atoms with E-state index in [-0.39, 0.29) is 11.3 Å². The van der Waals surface area contributed by atoms with Gasteiger partial charge in [-0.25, -0.2) is 0 Å². The van der Waals surface area contributed by atoms with Gasteiger partial charge in [0, 0.05) is 16.8 Å². The lowest BCUT2D eigenvalue weighted by molar-refractivity contribution is -0.137. The lowest BCUT2D eigenvalue weighted by Crippen LogP contribution is -2.13. The van der Waals surface area contributed by atoms with Crippen LogP contribution in [0.4, 0.5) is 18.9 Å². The van der Waals surface area contributed by atoms with Crippen LogP contribution in [-0.4, -0.2) is 16.0 Å². The zero-order valence-corrected chi connectivity index (χ0v) is 14.0. The Morgan fingerprint density at radius 3 is 2.42 bits per heavy atom. The second-order valence-electron chi connectivity index (χ2n) is 5.37. The van der Waals surface area contributed by atoms with Crippen LogP contribution in [0.3, 0.4) is 0 Å². The Morgan fingerprint density at radius 1 is 1.15 bits per heavy atom. The summed E-state index contributed by atoms with van der Waals surface area (Å²) in [6.45, 7) is 1.68. The molecule has 0 atom stereocenters. The second-order valence-corrected chi connectivity index (χ2v) is 5.78. The van der Waals surface area contributed by atoms with E-state index in [1.807, 2.05) is 0 Å². The molecular weight excluding hydrogens is 371 g/mol. The van der Waals surface area contributed by atoms with Crippen LogP contribution in [0.2, 0.25) is 5.02 Å². The van der Waals surface area contributed by atoms with E-state index in [0.29, 0.717) is 17.3 Å². The third kappa shape index (κ3) is 3.85. The largest absolute Gasteiger partial charge is 0.417 e. The Hall–Kier alpha value is -2.87. The Morgan fingerprint density at radius 2 is 1.85 bits per heavy atom. The molecule has 9 heteroatoms. The standard InChI is InChI=1S/C17H11ClF3N3O2/c1-9-22-16(26-24-9)11-4-2-10(3-5-11)15(25)23-12-6-7-14(18)13(8-12)17(19,20)21/h2-8H,1H3,(H,23,25). The summed E-state index contributed by atoms with van der Waals surface area (Å²) in [4.78, 5) is 16.3. The molecule has 0 fully saturated rings. The zero-order chi connectivity index (χ0) is 18.9.